The van der Waals surface area contributed by atoms with Gasteiger partial charge in [-0.2, -0.15) is 0 Å². The molecule has 0 aromatic heterocycles. The van der Waals surface area contributed by atoms with E-state index in [1.807, 2.05) is 12.1 Å². The molecule has 0 spiro atoms. The molecule has 41 heavy (non-hydrogen) atoms. The minimum absolute atomic E-state index is 0.0399. The molecular formula is C28H31BrClN3O7S. The zero-order chi connectivity index (χ0) is 30.3. The highest BCUT2D eigenvalue weighted by Crippen LogP contribution is 2.37. The minimum atomic E-state index is -4.42. The van der Waals surface area contributed by atoms with Crippen LogP contribution in [0.1, 0.15) is 12.5 Å². The maximum atomic E-state index is 14.2. The van der Waals surface area contributed by atoms with Crippen LogP contribution in [0.2, 0.25) is 5.02 Å². The molecule has 0 aliphatic carbocycles. The standard InChI is InChI=1S/C28H31BrClN3O7S/c1-18(28(35)31-2)32(16-19-7-6-8-20(29)13-19)27(34)17-33(23-14-21(30)9-11-24(23)38-3)41(36,37)22-10-12-25(39-4)26(15-22)40-5/h6-15,18H,16-17H2,1-5H3,(H,31,35)/t18-/m0/s1. The molecular weight excluding hydrogens is 638 g/mol. The lowest BCUT2D eigenvalue weighted by Crippen LogP contribution is -2.50. The first-order chi connectivity index (χ1) is 19.5. The smallest absolute Gasteiger partial charge is 0.265 e. The third-order valence-corrected chi connectivity index (χ3v) is 8.77. The van der Waals surface area contributed by atoms with E-state index in [9.17, 15) is 18.0 Å². The van der Waals surface area contributed by atoms with Gasteiger partial charge in [0.25, 0.3) is 10.0 Å². The monoisotopic (exact) mass is 667 g/mol. The Hall–Kier alpha value is -3.48. The van der Waals surface area contributed by atoms with Gasteiger partial charge in [0.2, 0.25) is 11.8 Å². The Morgan fingerprint density at radius 2 is 1.61 bits per heavy atom. The Kier molecular flexibility index (Phi) is 10.9. The topological polar surface area (TPSA) is 114 Å². The van der Waals surface area contributed by atoms with Crippen molar-refractivity contribution in [3.63, 3.8) is 0 Å². The van der Waals surface area contributed by atoms with E-state index < -0.39 is 34.4 Å². The van der Waals surface area contributed by atoms with Gasteiger partial charge in [0.1, 0.15) is 18.3 Å². The fourth-order valence-electron chi connectivity index (χ4n) is 4.10. The number of benzene rings is 3. The van der Waals surface area contributed by atoms with Gasteiger partial charge in [-0.15, -0.1) is 0 Å². The zero-order valence-corrected chi connectivity index (χ0v) is 26.3. The molecule has 2 amide bonds. The summed E-state index contributed by atoms with van der Waals surface area (Å²) in [6, 6.07) is 14.9. The Balaban J connectivity index is 2.15. The fourth-order valence-corrected chi connectivity index (χ4v) is 6.14. The number of nitrogens with one attached hydrogen (secondary N) is 1. The lowest BCUT2D eigenvalue weighted by Gasteiger charge is -2.32. The third-order valence-electron chi connectivity index (χ3n) is 6.29. The predicted octanol–water partition coefficient (Wildman–Crippen LogP) is 4.49. The maximum Gasteiger partial charge on any atom is 0.265 e. The Morgan fingerprint density at radius 1 is 0.951 bits per heavy atom. The molecule has 1 atom stereocenters. The molecule has 0 fully saturated rings. The van der Waals surface area contributed by atoms with Crippen LogP contribution in [-0.2, 0) is 26.2 Å². The van der Waals surface area contributed by atoms with E-state index in [1.165, 1.54) is 63.6 Å². The predicted molar refractivity (Wildman–Crippen MR) is 160 cm³/mol. The number of carbonyl (C=O) groups is 2. The van der Waals surface area contributed by atoms with Crippen molar-refractivity contribution >= 4 is 55.1 Å². The number of nitrogens with zero attached hydrogens (tertiary/aromatic N) is 2. The number of methoxy groups -OCH3 is 3. The molecule has 0 aliphatic rings. The van der Waals surface area contributed by atoms with Gasteiger partial charge in [-0.3, -0.25) is 13.9 Å². The van der Waals surface area contributed by atoms with E-state index in [0.29, 0.717) is 5.75 Å². The molecule has 0 heterocycles. The van der Waals surface area contributed by atoms with Crippen molar-refractivity contribution in [2.24, 2.45) is 0 Å². The summed E-state index contributed by atoms with van der Waals surface area (Å²) in [5, 5.41) is 2.78. The molecule has 13 heteroatoms. The number of hydrogen-bond donors (Lipinski definition) is 1. The Bertz CT molecular complexity index is 1520. The van der Waals surface area contributed by atoms with E-state index in [0.717, 1.165) is 14.3 Å². The van der Waals surface area contributed by atoms with Crippen molar-refractivity contribution < 1.29 is 32.2 Å². The number of likely N-dealkylation sites (N-methyl/N-ethyl adjacent to an activating group) is 1. The number of sulfonamides is 1. The quantitative estimate of drug-likeness (QED) is 0.303. The lowest BCUT2D eigenvalue weighted by atomic mass is 10.1. The van der Waals surface area contributed by atoms with Crippen LogP contribution in [0, 0.1) is 0 Å². The van der Waals surface area contributed by atoms with Crippen LogP contribution >= 0.6 is 27.5 Å². The summed E-state index contributed by atoms with van der Waals surface area (Å²) in [6.07, 6.45) is 0. The first kappa shape index (κ1) is 32.0. The summed E-state index contributed by atoms with van der Waals surface area (Å²) < 4.78 is 46.1. The summed E-state index contributed by atoms with van der Waals surface area (Å²) in [5.74, 6) is -0.365. The van der Waals surface area contributed by atoms with E-state index in [1.54, 1.807) is 25.1 Å². The van der Waals surface area contributed by atoms with Crippen LogP contribution < -0.4 is 23.8 Å². The van der Waals surface area contributed by atoms with Crippen molar-refractivity contribution in [2.45, 2.75) is 24.4 Å². The van der Waals surface area contributed by atoms with Gasteiger partial charge in [0, 0.05) is 29.2 Å². The number of hydrogen-bond acceptors (Lipinski definition) is 7. The minimum Gasteiger partial charge on any atom is -0.495 e. The number of rotatable bonds is 12. The molecule has 10 nitrogen and oxygen atoms in total. The molecule has 1 N–H and O–H groups in total. The zero-order valence-electron chi connectivity index (χ0n) is 23.2. The van der Waals surface area contributed by atoms with Crippen LogP contribution in [0.5, 0.6) is 17.2 Å². The molecule has 3 rings (SSSR count). The van der Waals surface area contributed by atoms with Crippen molar-refractivity contribution in [3.05, 3.63) is 75.7 Å². The van der Waals surface area contributed by atoms with Gasteiger partial charge >= 0.3 is 0 Å². The molecule has 0 radical (unpaired) electrons. The molecule has 0 saturated carbocycles. The van der Waals surface area contributed by atoms with Crippen LogP contribution in [0.4, 0.5) is 5.69 Å². The summed E-state index contributed by atoms with van der Waals surface area (Å²) in [5.41, 5.74) is 0.774. The Morgan fingerprint density at radius 3 is 2.22 bits per heavy atom. The number of anilines is 1. The lowest BCUT2D eigenvalue weighted by molar-refractivity contribution is -0.139. The van der Waals surface area contributed by atoms with Crippen LogP contribution in [0.25, 0.3) is 0 Å². The number of carbonyl (C=O) groups excluding carboxylic acids is 2. The number of halogens is 2. The Labute approximate surface area is 253 Å². The van der Waals surface area contributed by atoms with Gasteiger partial charge in [-0.05, 0) is 55.0 Å². The SMILES string of the molecule is CNC(=O)[C@H](C)N(Cc1cccc(Br)c1)C(=O)CN(c1cc(Cl)ccc1OC)S(=O)(=O)c1ccc(OC)c(OC)c1. The highest BCUT2D eigenvalue weighted by atomic mass is 79.9. The first-order valence-electron chi connectivity index (χ1n) is 12.3. The van der Waals surface area contributed by atoms with E-state index in [-0.39, 0.29) is 33.6 Å². The van der Waals surface area contributed by atoms with Gasteiger partial charge < -0.3 is 24.4 Å². The maximum absolute atomic E-state index is 14.2. The number of amides is 2. The van der Waals surface area contributed by atoms with E-state index in [4.69, 9.17) is 25.8 Å². The summed E-state index contributed by atoms with van der Waals surface area (Å²) in [7, 11) is 1.24. The van der Waals surface area contributed by atoms with Crippen molar-refractivity contribution in [2.75, 3.05) is 39.2 Å². The second-order valence-electron chi connectivity index (χ2n) is 8.79. The first-order valence-corrected chi connectivity index (χ1v) is 14.9. The van der Waals surface area contributed by atoms with Crippen molar-refractivity contribution in [3.8, 4) is 17.2 Å². The summed E-state index contributed by atoms with van der Waals surface area (Å²) >= 11 is 9.69. The molecule has 0 unspecified atom stereocenters. The normalized spacial score (nSPS) is 11.8. The molecule has 0 bridgehead atoms. The van der Waals surface area contributed by atoms with Gasteiger partial charge in [-0.25, -0.2) is 8.42 Å². The van der Waals surface area contributed by atoms with Crippen LogP contribution in [-0.4, -0.2) is 66.1 Å². The highest BCUT2D eigenvalue weighted by molar-refractivity contribution is 9.10. The van der Waals surface area contributed by atoms with Crippen LogP contribution in [0.15, 0.2) is 70.0 Å². The molecule has 3 aromatic rings. The van der Waals surface area contributed by atoms with Crippen molar-refractivity contribution in [1.82, 2.24) is 10.2 Å². The largest absolute Gasteiger partial charge is 0.495 e. The molecule has 220 valence electrons. The second-order valence-corrected chi connectivity index (χ2v) is 12.0. The highest BCUT2D eigenvalue weighted by Gasteiger charge is 2.34. The fraction of sp³-hybridized carbons (Fsp3) is 0.286. The van der Waals surface area contributed by atoms with E-state index >= 15 is 0 Å². The summed E-state index contributed by atoms with van der Waals surface area (Å²) in [6.45, 7) is 0.953. The molecule has 3 aromatic carbocycles. The van der Waals surface area contributed by atoms with Gasteiger partial charge in [0.05, 0.1) is 31.9 Å². The average Bonchev–Trinajstić information content (AvgIpc) is 2.97. The average molecular weight is 669 g/mol. The van der Waals surface area contributed by atoms with Crippen molar-refractivity contribution in [1.29, 1.82) is 0 Å². The third kappa shape index (κ3) is 7.43. The van der Waals surface area contributed by atoms with Crippen LogP contribution in [0.3, 0.4) is 0 Å². The van der Waals surface area contributed by atoms with Gasteiger partial charge in [-0.1, -0.05) is 39.7 Å². The second kappa shape index (κ2) is 13.9. The van der Waals surface area contributed by atoms with Gasteiger partial charge in [0.15, 0.2) is 11.5 Å². The summed E-state index contributed by atoms with van der Waals surface area (Å²) in [4.78, 5) is 27.8. The van der Waals surface area contributed by atoms with E-state index in [2.05, 4.69) is 21.2 Å². The number of ether oxygens (including phenoxy) is 3. The molecule has 0 aliphatic heterocycles. The molecule has 0 saturated heterocycles.